The van der Waals surface area contributed by atoms with E-state index in [1.165, 1.54) is 49.7 Å². The molecule has 53 heavy (non-hydrogen) atoms. The standard InChI is InChI=1S/C49H33N3O/c1-49(2)40-27-45-37(34-20-12-13-21-44(34)52(45)33-18-10-5-11-19-33)25-35(40)36-26-39-38-24-32(22-23-46(38)53-47(39)28-41(36)49)43-29-42(30-14-6-3-7-15-30)50-48(51-43)31-16-8-4-9-17-31/h3-29H,1-2H3. The molecule has 4 nitrogen and oxygen atoms in total. The van der Waals surface area contributed by atoms with Crippen molar-refractivity contribution >= 4 is 43.7 Å². The first-order valence-electron chi connectivity index (χ1n) is 18.2. The van der Waals surface area contributed by atoms with Gasteiger partial charge in [-0.1, -0.05) is 111 Å². The Labute approximate surface area is 306 Å². The van der Waals surface area contributed by atoms with E-state index in [4.69, 9.17) is 14.4 Å². The van der Waals surface area contributed by atoms with Crippen LogP contribution in [0.2, 0.25) is 0 Å². The van der Waals surface area contributed by atoms with Crippen molar-refractivity contribution in [2.45, 2.75) is 19.3 Å². The van der Waals surface area contributed by atoms with Gasteiger partial charge in [0.25, 0.3) is 0 Å². The van der Waals surface area contributed by atoms with Crippen molar-refractivity contribution in [1.29, 1.82) is 0 Å². The first-order valence-corrected chi connectivity index (χ1v) is 18.2. The summed E-state index contributed by atoms with van der Waals surface area (Å²) in [5.74, 6) is 0.704. The molecule has 0 aliphatic heterocycles. The number of fused-ring (bicyclic) bond motifs is 9. The van der Waals surface area contributed by atoms with Crippen LogP contribution >= 0.6 is 0 Å². The molecule has 4 heteroatoms. The molecule has 0 fully saturated rings. The SMILES string of the molecule is CC1(C)c2cc3oc4ccc(-c5cc(-c6ccccc6)nc(-c6ccccc6)n5)cc4c3cc2-c2cc3c4ccccc4n(-c4ccccc4)c3cc21. The van der Waals surface area contributed by atoms with Crippen molar-refractivity contribution in [3.63, 3.8) is 0 Å². The van der Waals surface area contributed by atoms with E-state index in [0.29, 0.717) is 5.82 Å². The van der Waals surface area contributed by atoms with Crippen molar-refractivity contribution < 1.29 is 4.42 Å². The molecule has 1 aliphatic rings. The Morgan fingerprint density at radius 1 is 0.453 bits per heavy atom. The fourth-order valence-corrected chi connectivity index (χ4v) is 8.55. The Morgan fingerprint density at radius 3 is 1.81 bits per heavy atom. The molecule has 0 radical (unpaired) electrons. The number of nitrogens with zero attached hydrogens (tertiary/aromatic N) is 3. The van der Waals surface area contributed by atoms with Gasteiger partial charge >= 0.3 is 0 Å². The predicted octanol–water partition coefficient (Wildman–Crippen LogP) is 12.8. The second-order valence-electron chi connectivity index (χ2n) is 14.6. The Bertz CT molecular complexity index is 3010. The topological polar surface area (TPSA) is 43.9 Å². The minimum atomic E-state index is -0.211. The summed E-state index contributed by atoms with van der Waals surface area (Å²) in [6.07, 6.45) is 0. The zero-order valence-corrected chi connectivity index (χ0v) is 29.3. The lowest BCUT2D eigenvalue weighted by Crippen LogP contribution is -2.15. The van der Waals surface area contributed by atoms with Crippen LogP contribution in [0.1, 0.15) is 25.0 Å². The highest BCUT2D eigenvalue weighted by atomic mass is 16.3. The highest BCUT2D eigenvalue weighted by molar-refractivity contribution is 6.13. The Hall–Kier alpha value is -6.78. The van der Waals surface area contributed by atoms with Crippen LogP contribution in [-0.4, -0.2) is 14.5 Å². The maximum atomic E-state index is 6.61. The first-order chi connectivity index (χ1) is 26.0. The fraction of sp³-hybridized carbons (Fsp3) is 0.0612. The largest absolute Gasteiger partial charge is 0.456 e. The highest BCUT2D eigenvalue weighted by Crippen LogP contribution is 2.53. The molecule has 10 aromatic rings. The summed E-state index contributed by atoms with van der Waals surface area (Å²) in [7, 11) is 0. The predicted molar refractivity (Wildman–Crippen MR) is 218 cm³/mol. The van der Waals surface area contributed by atoms with Gasteiger partial charge in [-0.25, -0.2) is 9.97 Å². The van der Waals surface area contributed by atoms with E-state index in [1.54, 1.807) is 0 Å². The van der Waals surface area contributed by atoms with Crippen LogP contribution < -0.4 is 0 Å². The van der Waals surface area contributed by atoms with Crippen LogP contribution in [0.4, 0.5) is 0 Å². The third-order valence-electron chi connectivity index (χ3n) is 11.2. The molecule has 7 aromatic carbocycles. The average molecular weight is 680 g/mol. The number of hydrogen-bond donors (Lipinski definition) is 0. The Morgan fingerprint density at radius 2 is 1.06 bits per heavy atom. The van der Waals surface area contributed by atoms with Crippen LogP contribution in [0.3, 0.4) is 0 Å². The van der Waals surface area contributed by atoms with Crippen molar-refractivity contribution in [3.8, 4) is 50.7 Å². The molecule has 3 heterocycles. The highest BCUT2D eigenvalue weighted by Gasteiger charge is 2.37. The van der Waals surface area contributed by atoms with Gasteiger partial charge in [0, 0.05) is 49.3 Å². The normalized spacial score (nSPS) is 13.2. The monoisotopic (exact) mass is 679 g/mol. The van der Waals surface area contributed by atoms with E-state index in [-0.39, 0.29) is 5.41 Å². The second kappa shape index (κ2) is 11.1. The van der Waals surface area contributed by atoms with Gasteiger partial charge in [0.2, 0.25) is 0 Å². The van der Waals surface area contributed by atoms with Crippen molar-refractivity contribution in [1.82, 2.24) is 14.5 Å². The Balaban J connectivity index is 1.11. The quantitative estimate of drug-likeness (QED) is 0.186. The first kappa shape index (κ1) is 29.9. The number of furan rings is 1. The summed E-state index contributed by atoms with van der Waals surface area (Å²) in [6, 6.07) is 58.0. The average Bonchev–Trinajstić information content (AvgIpc) is 3.81. The third kappa shape index (κ3) is 4.49. The van der Waals surface area contributed by atoms with E-state index in [1.807, 2.05) is 36.4 Å². The number of rotatable bonds is 4. The summed E-state index contributed by atoms with van der Waals surface area (Å²) >= 11 is 0. The van der Waals surface area contributed by atoms with Crippen LogP contribution in [0.5, 0.6) is 0 Å². The van der Waals surface area contributed by atoms with Gasteiger partial charge in [0.05, 0.1) is 22.4 Å². The third-order valence-corrected chi connectivity index (χ3v) is 11.2. The van der Waals surface area contributed by atoms with Gasteiger partial charge in [0.15, 0.2) is 5.82 Å². The van der Waals surface area contributed by atoms with Crippen LogP contribution in [0.25, 0.3) is 94.5 Å². The molecule has 11 rings (SSSR count). The maximum absolute atomic E-state index is 6.61. The Kier molecular flexibility index (Phi) is 6.27. The zero-order valence-electron chi connectivity index (χ0n) is 29.3. The van der Waals surface area contributed by atoms with Gasteiger partial charge in [-0.15, -0.1) is 0 Å². The molecule has 1 aliphatic carbocycles. The molecular formula is C49H33N3O. The number of hydrogen-bond acceptors (Lipinski definition) is 3. The van der Waals surface area contributed by atoms with Crippen LogP contribution in [0.15, 0.2) is 168 Å². The molecule has 0 spiro atoms. The number of para-hydroxylation sites is 2. The summed E-state index contributed by atoms with van der Waals surface area (Å²) in [5, 5.41) is 4.71. The van der Waals surface area contributed by atoms with Crippen LogP contribution in [0, 0.1) is 0 Å². The molecule has 0 amide bonds. The van der Waals surface area contributed by atoms with E-state index >= 15 is 0 Å². The smallest absolute Gasteiger partial charge is 0.160 e. The molecule has 0 saturated carbocycles. The lowest BCUT2D eigenvalue weighted by atomic mass is 9.82. The van der Waals surface area contributed by atoms with Crippen molar-refractivity contribution in [3.05, 3.63) is 175 Å². The van der Waals surface area contributed by atoms with E-state index in [9.17, 15) is 0 Å². The number of benzene rings is 7. The second-order valence-corrected chi connectivity index (χ2v) is 14.6. The molecule has 250 valence electrons. The number of aromatic nitrogens is 3. The summed E-state index contributed by atoms with van der Waals surface area (Å²) < 4.78 is 9.01. The van der Waals surface area contributed by atoms with Crippen molar-refractivity contribution in [2.75, 3.05) is 0 Å². The van der Waals surface area contributed by atoms with Gasteiger partial charge < -0.3 is 8.98 Å². The minimum Gasteiger partial charge on any atom is -0.456 e. The van der Waals surface area contributed by atoms with E-state index in [2.05, 4.69) is 146 Å². The van der Waals surface area contributed by atoms with Gasteiger partial charge in [0.1, 0.15) is 11.2 Å². The minimum absolute atomic E-state index is 0.211. The van der Waals surface area contributed by atoms with Crippen LogP contribution in [-0.2, 0) is 5.41 Å². The van der Waals surface area contributed by atoms with Gasteiger partial charge in [-0.2, -0.15) is 0 Å². The maximum Gasteiger partial charge on any atom is 0.160 e. The van der Waals surface area contributed by atoms with E-state index < -0.39 is 0 Å². The fourth-order valence-electron chi connectivity index (χ4n) is 8.55. The van der Waals surface area contributed by atoms with Gasteiger partial charge in [-0.05, 0) is 89.0 Å². The molecule has 0 N–H and O–H groups in total. The molecule has 0 bridgehead atoms. The lowest BCUT2D eigenvalue weighted by Gasteiger charge is -2.21. The summed E-state index contributed by atoms with van der Waals surface area (Å²) in [6.45, 7) is 4.69. The summed E-state index contributed by atoms with van der Waals surface area (Å²) in [4.78, 5) is 10.1. The molecule has 3 aromatic heterocycles. The van der Waals surface area contributed by atoms with E-state index in [0.717, 1.165) is 50.0 Å². The van der Waals surface area contributed by atoms with Gasteiger partial charge in [-0.3, -0.25) is 0 Å². The molecular weight excluding hydrogens is 647 g/mol. The zero-order chi connectivity index (χ0) is 35.3. The van der Waals surface area contributed by atoms with Crippen molar-refractivity contribution in [2.24, 2.45) is 0 Å². The molecule has 0 saturated heterocycles. The summed E-state index contributed by atoms with van der Waals surface area (Å²) in [5.41, 5.74) is 15.2. The molecule has 0 unspecified atom stereocenters. The molecule has 0 atom stereocenters. The lowest BCUT2D eigenvalue weighted by molar-refractivity contribution is 0.647.